The van der Waals surface area contributed by atoms with E-state index in [1.807, 2.05) is 5.32 Å². The van der Waals surface area contributed by atoms with Gasteiger partial charge in [0.1, 0.15) is 17.8 Å². The fraction of sp³-hybridized carbons (Fsp3) is 0.0909. The largest absolute Gasteiger partial charge is 0.433 e. The fourth-order valence-electron chi connectivity index (χ4n) is 1.09. The van der Waals surface area contributed by atoms with E-state index >= 15 is 0 Å². The molecular weight excluding hydrogens is 311 g/mol. The van der Waals surface area contributed by atoms with Gasteiger partial charge in [0.05, 0.1) is 0 Å². The monoisotopic (exact) mass is 315 g/mol. The molecule has 0 aliphatic heterocycles. The van der Waals surface area contributed by atoms with Crippen molar-refractivity contribution < 1.29 is 13.2 Å². The molecule has 1 aromatic rings. The molecule has 0 heterocycles. The maximum Gasteiger partial charge on any atom is 0.433 e. The minimum Gasteiger partial charge on any atom is -0.350 e. The van der Waals surface area contributed by atoms with Gasteiger partial charge in [-0.2, -0.15) is 23.7 Å². The lowest BCUT2D eigenvalue weighted by Crippen LogP contribution is -2.21. The van der Waals surface area contributed by atoms with Gasteiger partial charge in [-0.1, -0.05) is 15.9 Å². The van der Waals surface area contributed by atoms with Gasteiger partial charge < -0.3 is 5.32 Å². The normalized spacial score (nSPS) is 10.1. The molecule has 18 heavy (non-hydrogen) atoms. The van der Waals surface area contributed by atoms with Crippen molar-refractivity contribution in [1.29, 1.82) is 10.5 Å². The standard InChI is InChI=1S/C11H5BrF3N3/c12-8-1-3-9(4-2-8)18-10(11(13,14)15)7(5-16)6-17/h1-4,18H. The van der Waals surface area contributed by atoms with E-state index in [0.717, 1.165) is 0 Å². The van der Waals surface area contributed by atoms with Crippen molar-refractivity contribution in [1.82, 2.24) is 0 Å². The van der Waals surface area contributed by atoms with Crippen LogP contribution in [0.1, 0.15) is 0 Å². The number of rotatable bonds is 2. The van der Waals surface area contributed by atoms with Crippen molar-refractivity contribution in [3.8, 4) is 12.1 Å². The molecular formula is C11H5BrF3N3. The minimum atomic E-state index is -4.80. The zero-order valence-corrected chi connectivity index (χ0v) is 10.3. The minimum absolute atomic E-state index is 0.133. The number of nitrogens with zero attached hydrogens (tertiary/aromatic N) is 2. The SMILES string of the molecule is N#CC(C#N)=C(Nc1ccc(Br)cc1)C(F)(F)F. The van der Waals surface area contributed by atoms with E-state index in [1.165, 1.54) is 36.4 Å². The zero-order chi connectivity index (χ0) is 13.8. The van der Waals surface area contributed by atoms with Crippen LogP contribution in [-0.4, -0.2) is 6.18 Å². The van der Waals surface area contributed by atoms with Crippen LogP contribution in [0, 0.1) is 22.7 Å². The van der Waals surface area contributed by atoms with Crippen molar-refractivity contribution in [2.24, 2.45) is 0 Å². The van der Waals surface area contributed by atoms with Gasteiger partial charge in [0.15, 0.2) is 5.57 Å². The van der Waals surface area contributed by atoms with Crippen LogP contribution >= 0.6 is 15.9 Å². The van der Waals surface area contributed by atoms with E-state index in [0.29, 0.717) is 4.47 Å². The Hall–Kier alpha value is -1.99. The van der Waals surface area contributed by atoms with Crippen molar-refractivity contribution in [3.05, 3.63) is 40.0 Å². The highest BCUT2D eigenvalue weighted by atomic mass is 79.9. The third-order valence-corrected chi connectivity index (χ3v) is 2.40. The Morgan fingerprint density at radius 1 is 1.11 bits per heavy atom. The van der Waals surface area contributed by atoms with E-state index in [9.17, 15) is 13.2 Å². The third kappa shape index (κ3) is 3.51. The van der Waals surface area contributed by atoms with Crippen molar-refractivity contribution in [3.63, 3.8) is 0 Å². The summed E-state index contributed by atoms with van der Waals surface area (Å²) in [6, 6.07) is 8.29. The highest BCUT2D eigenvalue weighted by molar-refractivity contribution is 9.10. The molecule has 0 saturated heterocycles. The lowest BCUT2D eigenvalue weighted by molar-refractivity contribution is -0.0906. The summed E-state index contributed by atoms with van der Waals surface area (Å²) in [5.74, 6) is 0. The maximum atomic E-state index is 12.7. The lowest BCUT2D eigenvalue weighted by atomic mass is 10.2. The number of anilines is 1. The summed E-state index contributed by atoms with van der Waals surface area (Å²) >= 11 is 3.14. The van der Waals surface area contributed by atoms with Gasteiger partial charge in [-0.3, -0.25) is 0 Å². The molecule has 0 aliphatic carbocycles. The summed E-state index contributed by atoms with van der Waals surface area (Å²) < 4.78 is 38.7. The van der Waals surface area contributed by atoms with Crippen LogP contribution in [0.4, 0.5) is 18.9 Å². The molecule has 0 amide bonds. The second-order valence-electron chi connectivity index (χ2n) is 3.10. The number of benzene rings is 1. The van der Waals surface area contributed by atoms with Crippen LogP contribution in [0.25, 0.3) is 0 Å². The summed E-state index contributed by atoms with van der Waals surface area (Å²) in [5.41, 5.74) is -2.24. The number of nitriles is 2. The fourth-order valence-corrected chi connectivity index (χ4v) is 1.35. The van der Waals surface area contributed by atoms with Crippen LogP contribution in [0.15, 0.2) is 40.0 Å². The molecule has 0 spiro atoms. The number of halogens is 4. The number of hydrogen-bond acceptors (Lipinski definition) is 3. The van der Waals surface area contributed by atoms with Gasteiger partial charge in [-0.15, -0.1) is 0 Å². The molecule has 0 aliphatic rings. The van der Waals surface area contributed by atoms with E-state index in [-0.39, 0.29) is 5.69 Å². The lowest BCUT2D eigenvalue weighted by Gasteiger charge is -2.14. The number of allylic oxidation sites excluding steroid dienone is 2. The third-order valence-electron chi connectivity index (χ3n) is 1.87. The Morgan fingerprint density at radius 3 is 2.00 bits per heavy atom. The summed E-state index contributed by atoms with van der Waals surface area (Å²) in [6.07, 6.45) is -4.80. The van der Waals surface area contributed by atoms with Gasteiger partial charge in [-0.25, -0.2) is 0 Å². The molecule has 0 bridgehead atoms. The molecule has 0 aromatic heterocycles. The average Bonchev–Trinajstić information content (AvgIpc) is 2.30. The highest BCUT2D eigenvalue weighted by Gasteiger charge is 2.37. The Morgan fingerprint density at radius 2 is 1.61 bits per heavy atom. The van der Waals surface area contributed by atoms with Crippen LogP contribution < -0.4 is 5.32 Å². The molecule has 7 heteroatoms. The quantitative estimate of drug-likeness (QED) is 0.846. The Balaban J connectivity index is 3.17. The first-order chi connectivity index (χ1) is 8.38. The summed E-state index contributed by atoms with van der Waals surface area (Å²) in [6.45, 7) is 0. The maximum absolute atomic E-state index is 12.7. The van der Waals surface area contributed by atoms with E-state index in [4.69, 9.17) is 10.5 Å². The zero-order valence-electron chi connectivity index (χ0n) is 8.72. The number of nitrogens with one attached hydrogen (secondary N) is 1. The van der Waals surface area contributed by atoms with Gasteiger partial charge in [0.25, 0.3) is 0 Å². The first-order valence-electron chi connectivity index (χ1n) is 4.52. The van der Waals surface area contributed by atoms with Crippen LogP contribution in [0.2, 0.25) is 0 Å². The van der Waals surface area contributed by atoms with Gasteiger partial charge in [-0.05, 0) is 24.3 Å². The molecule has 0 saturated carbocycles. The first kappa shape index (κ1) is 14.1. The van der Waals surface area contributed by atoms with Crippen LogP contribution in [-0.2, 0) is 0 Å². The van der Waals surface area contributed by atoms with Gasteiger partial charge >= 0.3 is 6.18 Å². The molecule has 0 fully saturated rings. The Kier molecular flexibility index (Phi) is 4.35. The predicted molar refractivity (Wildman–Crippen MR) is 62.1 cm³/mol. The molecule has 0 unspecified atom stereocenters. The summed E-state index contributed by atoms with van der Waals surface area (Å²) in [7, 11) is 0. The van der Waals surface area contributed by atoms with E-state index in [2.05, 4.69) is 15.9 Å². The molecule has 0 radical (unpaired) electrons. The summed E-state index contributed by atoms with van der Waals surface area (Å²) in [5, 5.41) is 19.0. The molecule has 1 rings (SSSR count). The predicted octanol–water partition coefficient (Wildman–Crippen LogP) is 3.72. The smallest absolute Gasteiger partial charge is 0.350 e. The first-order valence-corrected chi connectivity index (χ1v) is 5.32. The van der Waals surface area contributed by atoms with E-state index in [1.54, 1.807) is 0 Å². The molecule has 1 aromatic carbocycles. The average molecular weight is 316 g/mol. The van der Waals surface area contributed by atoms with Crippen LogP contribution in [0.5, 0.6) is 0 Å². The van der Waals surface area contributed by atoms with Crippen molar-refractivity contribution in [2.75, 3.05) is 5.32 Å². The molecule has 0 atom stereocenters. The van der Waals surface area contributed by atoms with Gasteiger partial charge in [0.2, 0.25) is 0 Å². The topological polar surface area (TPSA) is 59.6 Å². The highest BCUT2D eigenvalue weighted by Crippen LogP contribution is 2.29. The molecule has 3 nitrogen and oxygen atoms in total. The van der Waals surface area contributed by atoms with Gasteiger partial charge in [0, 0.05) is 10.2 Å². The van der Waals surface area contributed by atoms with Crippen LogP contribution in [0.3, 0.4) is 0 Å². The van der Waals surface area contributed by atoms with E-state index < -0.39 is 17.4 Å². The Labute approximate surface area is 109 Å². The molecule has 92 valence electrons. The number of hydrogen-bond donors (Lipinski definition) is 1. The second kappa shape index (κ2) is 5.56. The Bertz CT molecular complexity index is 531. The molecule has 1 N–H and O–H groups in total. The van der Waals surface area contributed by atoms with Crippen molar-refractivity contribution >= 4 is 21.6 Å². The van der Waals surface area contributed by atoms with Crippen molar-refractivity contribution in [2.45, 2.75) is 6.18 Å². The second-order valence-corrected chi connectivity index (χ2v) is 4.02. The number of alkyl halides is 3. The summed E-state index contributed by atoms with van der Waals surface area (Å²) in [4.78, 5) is 0.